The van der Waals surface area contributed by atoms with E-state index in [0.717, 1.165) is 6.42 Å². The number of hydrogen-bond acceptors (Lipinski definition) is 2. The van der Waals surface area contributed by atoms with Crippen LogP contribution in [0.15, 0.2) is 15.9 Å². The van der Waals surface area contributed by atoms with Crippen LogP contribution in [0.4, 0.5) is 0 Å². The van der Waals surface area contributed by atoms with Gasteiger partial charge in [-0.25, -0.2) is 0 Å². The van der Waals surface area contributed by atoms with Crippen LogP contribution in [0.3, 0.4) is 0 Å². The molecular weight excluding hydrogens is 306 g/mol. The molecule has 0 fully saturated rings. The molecular formula is C15H26BrNS. The Morgan fingerprint density at radius 3 is 2.39 bits per heavy atom. The van der Waals surface area contributed by atoms with Crippen molar-refractivity contribution in [3.8, 4) is 0 Å². The van der Waals surface area contributed by atoms with Gasteiger partial charge in [-0.15, -0.1) is 11.3 Å². The van der Waals surface area contributed by atoms with Crippen molar-refractivity contribution in [3.05, 3.63) is 20.8 Å². The van der Waals surface area contributed by atoms with Gasteiger partial charge >= 0.3 is 0 Å². The average molecular weight is 332 g/mol. The molecule has 0 saturated carbocycles. The maximum Gasteiger partial charge on any atom is 0.0701 e. The standard InChI is InChI=1S/C15H26BrNS/c1-2-3-4-5-6-7-8-9-13(17)12-14-10-11-15(16)18-14/h10-11,13H,2-9,12,17H2,1H3. The molecule has 1 aromatic rings. The molecule has 0 aliphatic heterocycles. The lowest BCUT2D eigenvalue weighted by Crippen LogP contribution is -2.22. The van der Waals surface area contributed by atoms with Crippen LogP contribution >= 0.6 is 27.3 Å². The fourth-order valence-electron chi connectivity index (χ4n) is 2.19. The highest BCUT2D eigenvalue weighted by molar-refractivity contribution is 9.11. The lowest BCUT2D eigenvalue weighted by atomic mass is 10.0. The number of nitrogens with two attached hydrogens (primary N) is 1. The molecule has 0 radical (unpaired) electrons. The predicted octanol–water partition coefficient (Wildman–Crippen LogP) is 5.52. The van der Waals surface area contributed by atoms with Crippen LogP contribution in [0, 0.1) is 0 Å². The zero-order valence-corrected chi connectivity index (χ0v) is 13.9. The number of rotatable bonds is 10. The molecule has 1 nitrogen and oxygen atoms in total. The molecule has 104 valence electrons. The molecule has 0 saturated heterocycles. The van der Waals surface area contributed by atoms with E-state index in [-0.39, 0.29) is 0 Å². The van der Waals surface area contributed by atoms with E-state index in [1.807, 2.05) is 0 Å². The van der Waals surface area contributed by atoms with Crippen LogP contribution in [-0.4, -0.2) is 6.04 Å². The first-order valence-corrected chi connectivity index (χ1v) is 8.83. The Hall–Kier alpha value is 0.140. The highest BCUT2D eigenvalue weighted by atomic mass is 79.9. The van der Waals surface area contributed by atoms with Gasteiger partial charge in [0.15, 0.2) is 0 Å². The normalized spacial score (nSPS) is 12.8. The molecule has 18 heavy (non-hydrogen) atoms. The molecule has 0 spiro atoms. The second-order valence-corrected chi connectivity index (χ2v) is 7.63. The number of hydrogen-bond donors (Lipinski definition) is 1. The molecule has 1 atom stereocenters. The zero-order chi connectivity index (χ0) is 13.2. The summed E-state index contributed by atoms with van der Waals surface area (Å²) in [4.78, 5) is 1.40. The summed E-state index contributed by atoms with van der Waals surface area (Å²) in [5.74, 6) is 0. The average Bonchev–Trinajstić information content (AvgIpc) is 2.73. The molecule has 0 amide bonds. The van der Waals surface area contributed by atoms with Gasteiger partial charge in [0.2, 0.25) is 0 Å². The van der Waals surface area contributed by atoms with E-state index in [2.05, 4.69) is 35.0 Å². The van der Waals surface area contributed by atoms with Crippen molar-refractivity contribution < 1.29 is 0 Å². The lowest BCUT2D eigenvalue weighted by Gasteiger charge is -2.09. The quantitative estimate of drug-likeness (QED) is 0.561. The minimum Gasteiger partial charge on any atom is -0.327 e. The third-order valence-corrected chi connectivity index (χ3v) is 4.92. The molecule has 1 heterocycles. The van der Waals surface area contributed by atoms with Crippen LogP contribution < -0.4 is 5.73 Å². The second kappa shape index (κ2) is 9.99. The molecule has 0 aliphatic carbocycles. The van der Waals surface area contributed by atoms with E-state index in [4.69, 9.17) is 5.73 Å². The lowest BCUT2D eigenvalue weighted by molar-refractivity contribution is 0.530. The van der Waals surface area contributed by atoms with Crippen molar-refractivity contribution in [1.29, 1.82) is 0 Å². The summed E-state index contributed by atoms with van der Waals surface area (Å²) >= 11 is 5.30. The molecule has 0 aromatic carbocycles. The van der Waals surface area contributed by atoms with E-state index in [0.29, 0.717) is 6.04 Å². The Morgan fingerprint density at radius 2 is 1.78 bits per heavy atom. The maximum atomic E-state index is 6.17. The first-order chi connectivity index (χ1) is 8.72. The molecule has 1 aromatic heterocycles. The first kappa shape index (κ1) is 16.2. The van der Waals surface area contributed by atoms with Crippen molar-refractivity contribution in [2.24, 2.45) is 5.73 Å². The van der Waals surface area contributed by atoms with Gasteiger partial charge in [-0.2, -0.15) is 0 Å². The van der Waals surface area contributed by atoms with Crippen LogP contribution in [0.25, 0.3) is 0 Å². The number of thiophene rings is 1. The minimum absolute atomic E-state index is 0.339. The largest absolute Gasteiger partial charge is 0.327 e. The van der Waals surface area contributed by atoms with Crippen LogP contribution in [0.5, 0.6) is 0 Å². The summed E-state index contributed by atoms with van der Waals surface area (Å²) in [5, 5.41) is 0. The highest BCUT2D eigenvalue weighted by Crippen LogP contribution is 2.23. The number of unbranched alkanes of at least 4 members (excludes halogenated alkanes) is 6. The Bertz CT molecular complexity index is 311. The van der Waals surface area contributed by atoms with Crippen LogP contribution in [0.1, 0.15) is 63.2 Å². The van der Waals surface area contributed by atoms with Gasteiger partial charge in [0, 0.05) is 10.9 Å². The van der Waals surface area contributed by atoms with E-state index in [1.165, 1.54) is 60.0 Å². The second-order valence-electron chi connectivity index (χ2n) is 5.08. The van der Waals surface area contributed by atoms with Gasteiger partial charge in [-0.1, -0.05) is 51.9 Å². The van der Waals surface area contributed by atoms with Crippen molar-refractivity contribution >= 4 is 27.3 Å². The first-order valence-electron chi connectivity index (χ1n) is 7.22. The summed E-state index contributed by atoms with van der Waals surface area (Å²) in [6, 6.07) is 4.63. The fourth-order valence-corrected chi connectivity index (χ4v) is 3.76. The molecule has 0 aliphatic rings. The Labute approximate surface area is 124 Å². The summed E-state index contributed by atoms with van der Waals surface area (Å²) < 4.78 is 1.21. The number of halogens is 1. The Kier molecular flexibility index (Phi) is 8.99. The van der Waals surface area contributed by atoms with Gasteiger partial charge < -0.3 is 5.73 Å². The maximum absolute atomic E-state index is 6.17. The monoisotopic (exact) mass is 331 g/mol. The van der Waals surface area contributed by atoms with Crippen LogP contribution in [-0.2, 0) is 6.42 Å². The zero-order valence-electron chi connectivity index (χ0n) is 11.5. The summed E-state index contributed by atoms with van der Waals surface area (Å²) in [6.07, 6.45) is 11.8. The van der Waals surface area contributed by atoms with E-state index < -0.39 is 0 Å². The van der Waals surface area contributed by atoms with Gasteiger partial charge in [-0.3, -0.25) is 0 Å². The van der Waals surface area contributed by atoms with Gasteiger partial charge in [0.25, 0.3) is 0 Å². The smallest absolute Gasteiger partial charge is 0.0701 e. The SMILES string of the molecule is CCCCCCCCCC(N)Cc1ccc(Br)s1. The Balaban J connectivity index is 1.98. The molecule has 1 unspecified atom stereocenters. The van der Waals surface area contributed by atoms with Crippen molar-refractivity contribution in [2.75, 3.05) is 0 Å². The summed E-state index contributed by atoms with van der Waals surface area (Å²) in [7, 11) is 0. The van der Waals surface area contributed by atoms with E-state index in [9.17, 15) is 0 Å². The third kappa shape index (κ3) is 7.55. The molecule has 0 bridgehead atoms. The molecule has 3 heteroatoms. The van der Waals surface area contributed by atoms with E-state index >= 15 is 0 Å². The van der Waals surface area contributed by atoms with E-state index in [1.54, 1.807) is 11.3 Å². The van der Waals surface area contributed by atoms with Gasteiger partial charge in [0.1, 0.15) is 0 Å². The predicted molar refractivity (Wildman–Crippen MR) is 86.3 cm³/mol. The topological polar surface area (TPSA) is 26.0 Å². The highest BCUT2D eigenvalue weighted by Gasteiger charge is 2.05. The van der Waals surface area contributed by atoms with Crippen molar-refractivity contribution in [2.45, 2.75) is 70.8 Å². The van der Waals surface area contributed by atoms with Crippen molar-refractivity contribution in [1.82, 2.24) is 0 Å². The van der Waals surface area contributed by atoms with Gasteiger partial charge in [0.05, 0.1) is 3.79 Å². The summed E-state index contributed by atoms with van der Waals surface area (Å²) in [5.41, 5.74) is 6.17. The fraction of sp³-hybridized carbons (Fsp3) is 0.733. The summed E-state index contributed by atoms with van der Waals surface area (Å²) in [6.45, 7) is 2.27. The Morgan fingerprint density at radius 1 is 1.11 bits per heavy atom. The third-order valence-electron chi connectivity index (χ3n) is 3.27. The van der Waals surface area contributed by atoms with Crippen LogP contribution in [0.2, 0.25) is 0 Å². The minimum atomic E-state index is 0.339. The molecule has 1 rings (SSSR count). The van der Waals surface area contributed by atoms with Gasteiger partial charge in [-0.05, 0) is 40.9 Å². The van der Waals surface area contributed by atoms with Crippen molar-refractivity contribution in [3.63, 3.8) is 0 Å². The molecule has 2 N–H and O–H groups in total.